The minimum absolute atomic E-state index is 0.00391. The van der Waals surface area contributed by atoms with Gasteiger partial charge in [0.1, 0.15) is 5.75 Å². The highest BCUT2D eigenvalue weighted by Crippen LogP contribution is 2.39. The van der Waals surface area contributed by atoms with Crippen molar-refractivity contribution in [2.75, 3.05) is 13.2 Å². The van der Waals surface area contributed by atoms with Crippen molar-refractivity contribution < 1.29 is 29.0 Å². The summed E-state index contributed by atoms with van der Waals surface area (Å²) < 4.78 is 10.7. The molecule has 1 aliphatic heterocycles. The van der Waals surface area contributed by atoms with Crippen LogP contribution in [-0.4, -0.2) is 46.1 Å². The van der Waals surface area contributed by atoms with Crippen molar-refractivity contribution in [2.24, 2.45) is 0 Å². The normalized spacial score (nSPS) is 17.0. The molecule has 3 rings (SSSR count). The molecule has 0 aliphatic carbocycles. The summed E-state index contributed by atoms with van der Waals surface area (Å²) in [5.41, 5.74) is 0.465. The second-order valence-corrected chi connectivity index (χ2v) is 6.84. The highest BCUT2D eigenvalue weighted by Gasteiger charge is 2.44. The lowest BCUT2D eigenvalue weighted by Gasteiger charge is -2.27. The van der Waals surface area contributed by atoms with Gasteiger partial charge in [0.15, 0.2) is 11.5 Å². The van der Waals surface area contributed by atoms with E-state index in [2.05, 4.69) is 0 Å². The molecule has 28 heavy (non-hydrogen) atoms. The van der Waals surface area contributed by atoms with Crippen LogP contribution in [0, 0.1) is 0 Å². The van der Waals surface area contributed by atoms with E-state index in [1.807, 2.05) is 13.8 Å². The quantitative estimate of drug-likeness (QED) is 0.534. The summed E-state index contributed by atoms with van der Waals surface area (Å²) in [6.07, 6.45) is 1.96. The fraction of sp³-hybridized carbons (Fsp3) is 0.333. The number of aliphatic hydroxyl groups excluding tert-OH is 1. The van der Waals surface area contributed by atoms with Gasteiger partial charge in [0.25, 0.3) is 5.91 Å². The molecule has 1 aromatic heterocycles. The third-order valence-corrected chi connectivity index (χ3v) is 4.47. The topological polar surface area (TPSA) is 100 Å². The van der Waals surface area contributed by atoms with Gasteiger partial charge in [-0.15, -0.1) is 0 Å². The minimum Gasteiger partial charge on any atom is -0.508 e. The number of phenolic OH excluding ortho intramolecular Hbond substituents is 1. The minimum atomic E-state index is -0.823. The van der Waals surface area contributed by atoms with Crippen molar-refractivity contribution in [3.63, 3.8) is 0 Å². The van der Waals surface area contributed by atoms with Crippen molar-refractivity contribution in [3.05, 3.63) is 65.3 Å². The Kier molecular flexibility index (Phi) is 5.84. The first-order valence-electron chi connectivity index (χ1n) is 9.13. The summed E-state index contributed by atoms with van der Waals surface area (Å²) in [7, 11) is 0. The van der Waals surface area contributed by atoms with E-state index in [0.717, 1.165) is 0 Å². The zero-order valence-corrected chi connectivity index (χ0v) is 15.8. The molecular weight excluding hydrogens is 362 g/mol. The molecule has 2 N–H and O–H groups in total. The summed E-state index contributed by atoms with van der Waals surface area (Å²) in [6, 6.07) is 8.51. The van der Waals surface area contributed by atoms with Crippen LogP contribution in [0.25, 0.3) is 0 Å². The first-order valence-corrected chi connectivity index (χ1v) is 9.13. The Morgan fingerprint density at radius 3 is 2.68 bits per heavy atom. The molecule has 2 aromatic rings. The van der Waals surface area contributed by atoms with E-state index in [-0.39, 0.29) is 29.7 Å². The van der Waals surface area contributed by atoms with Crippen molar-refractivity contribution in [1.82, 2.24) is 4.90 Å². The lowest BCUT2D eigenvalue weighted by molar-refractivity contribution is -0.129. The molecule has 0 radical (unpaired) electrons. The van der Waals surface area contributed by atoms with Crippen LogP contribution in [-0.2, 0) is 9.53 Å². The molecule has 0 saturated carbocycles. The second-order valence-electron chi connectivity index (χ2n) is 6.84. The highest BCUT2D eigenvalue weighted by atomic mass is 16.5. The molecule has 0 saturated heterocycles. The number of aromatic hydroxyl groups is 1. The van der Waals surface area contributed by atoms with Gasteiger partial charge in [0.05, 0.1) is 24.0 Å². The van der Waals surface area contributed by atoms with E-state index in [0.29, 0.717) is 18.6 Å². The number of aliphatic hydroxyl groups is 1. The number of carbonyl (C=O) groups excluding carboxylic acids is 2. The number of hydrogen-bond donors (Lipinski definition) is 2. The van der Waals surface area contributed by atoms with Gasteiger partial charge < -0.3 is 24.3 Å². The average molecular weight is 385 g/mol. The van der Waals surface area contributed by atoms with Crippen LogP contribution in [0.1, 0.15) is 42.4 Å². The SMILES string of the molecule is CC(C)OCCCN1C(=O)C(O)=C(C(=O)c2ccco2)C1c1cccc(O)c1. The first kappa shape index (κ1) is 19.7. The molecule has 1 amide bonds. The number of furan rings is 1. The molecule has 1 aromatic carbocycles. The van der Waals surface area contributed by atoms with Crippen molar-refractivity contribution in [2.45, 2.75) is 32.4 Å². The van der Waals surface area contributed by atoms with Gasteiger partial charge in [0, 0.05) is 13.2 Å². The fourth-order valence-corrected chi connectivity index (χ4v) is 3.25. The molecule has 7 nitrogen and oxygen atoms in total. The Hall–Kier alpha value is -3.06. The number of phenols is 1. The summed E-state index contributed by atoms with van der Waals surface area (Å²) >= 11 is 0. The van der Waals surface area contributed by atoms with Gasteiger partial charge >= 0.3 is 0 Å². The van der Waals surface area contributed by atoms with Crippen LogP contribution >= 0.6 is 0 Å². The zero-order chi connectivity index (χ0) is 20.3. The molecule has 1 aliphatic rings. The zero-order valence-electron chi connectivity index (χ0n) is 15.8. The predicted molar refractivity (Wildman–Crippen MR) is 101 cm³/mol. The Labute approximate surface area is 162 Å². The maximum absolute atomic E-state index is 12.9. The number of ketones is 1. The monoisotopic (exact) mass is 385 g/mol. The number of rotatable bonds is 8. The Bertz CT molecular complexity index is 884. The lowest BCUT2D eigenvalue weighted by atomic mass is 9.95. The summed E-state index contributed by atoms with van der Waals surface area (Å²) in [5, 5.41) is 20.3. The van der Waals surface area contributed by atoms with E-state index in [4.69, 9.17) is 9.15 Å². The summed E-state index contributed by atoms with van der Waals surface area (Å²) in [6.45, 7) is 4.56. The van der Waals surface area contributed by atoms with Crippen molar-refractivity contribution in [1.29, 1.82) is 0 Å². The maximum atomic E-state index is 12.9. The fourth-order valence-electron chi connectivity index (χ4n) is 3.25. The summed E-state index contributed by atoms with van der Waals surface area (Å²) in [5.74, 6) is -1.76. The van der Waals surface area contributed by atoms with Gasteiger partial charge in [0.2, 0.25) is 5.78 Å². The predicted octanol–water partition coefficient (Wildman–Crippen LogP) is 3.38. The standard InChI is InChI=1S/C21H23NO6/c1-13(2)27-11-5-9-22-18(14-6-3-7-15(23)12-14)17(20(25)21(22)26)19(24)16-8-4-10-28-16/h3-4,6-8,10,12-13,18,23,25H,5,9,11H2,1-2H3. The number of amides is 1. The van der Waals surface area contributed by atoms with E-state index in [1.54, 1.807) is 18.2 Å². The van der Waals surface area contributed by atoms with Crippen LogP contribution < -0.4 is 0 Å². The van der Waals surface area contributed by atoms with E-state index in [1.165, 1.54) is 29.4 Å². The van der Waals surface area contributed by atoms with Gasteiger partial charge in [-0.3, -0.25) is 9.59 Å². The van der Waals surface area contributed by atoms with Gasteiger partial charge in [-0.2, -0.15) is 0 Å². The Balaban J connectivity index is 1.94. The smallest absolute Gasteiger partial charge is 0.290 e. The maximum Gasteiger partial charge on any atom is 0.290 e. The van der Waals surface area contributed by atoms with Crippen LogP contribution in [0.4, 0.5) is 0 Å². The third-order valence-electron chi connectivity index (χ3n) is 4.47. The first-order chi connectivity index (χ1) is 13.4. The molecular formula is C21H23NO6. The Morgan fingerprint density at radius 1 is 1.25 bits per heavy atom. The largest absolute Gasteiger partial charge is 0.508 e. The summed E-state index contributed by atoms with van der Waals surface area (Å²) in [4.78, 5) is 27.1. The van der Waals surface area contributed by atoms with Gasteiger partial charge in [-0.25, -0.2) is 0 Å². The highest BCUT2D eigenvalue weighted by molar-refractivity contribution is 6.15. The number of carbonyl (C=O) groups is 2. The lowest BCUT2D eigenvalue weighted by Crippen LogP contribution is -2.32. The number of benzene rings is 1. The van der Waals surface area contributed by atoms with Crippen molar-refractivity contribution >= 4 is 11.7 Å². The molecule has 7 heteroatoms. The van der Waals surface area contributed by atoms with Crippen LogP contribution in [0.5, 0.6) is 5.75 Å². The Morgan fingerprint density at radius 2 is 2.04 bits per heavy atom. The van der Waals surface area contributed by atoms with Crippen molar-refractivity contribution in [3.8, 4) is 5.75 Å². The molecule has 2 heterocycles. The van der Waals surface area contributed by atoms with Gasteiger partial charge in [-0.1, -0.05) is 12.1 Å². The van der Waals surface area contributed by atoms with Crippen LogP contribution in [0.15, 0.2) is 58.4 Å². The van der Waals surface area contributed by atoms with E-state index < -0.39 is 23.5 Å². The number of ether oxygens (including phenoxy) is 1. The van der Waals surface area contributed by atoms with Crippen LogP contribution in [0.3, 0.4) is 0 Å². The van der Waals surface area contributed by atoms with Crippen LogP contribution in [0.2, 0.25) is 0 Å². The second kappa shape index (κ2) is 8.31. The molecule has 0 bridgehead atoms. The number of nitrogens with zero attached hydrogens (tertiary/aromatic N) is 1. The third kappa shape index (κ3) is 3.94. The molecule has 0 fully saturated rings. The average Bonchev–Trinajstić information content (AvgIpc) is 3.27. The number of Topliss-reactive ketones (excluding diaryl/α,β-unsaturated/α-hetero) is 1. The number of hydrogen-bond acceptors (Lipinski definition) is 6. The van der Waals surface area contributed by atoms with E-state index in [9.17, 15) is 19.8 Å². The molecule has 148 valence electrons. The molecule has 0 spiro atoms. The van der Waals surface area contributed by atoms with E-state index >= 15 is 0 Å². The van der Waals surface area contributed by atoms with Gasteiger partial charge in [-0.05, 0) is 50.1 Å². The molecule has 1 unspecified atom stereocenters. The molecule has 1 atom stereocenters.